The molecule has 0 fully saturated rings. The van der Waals surface area contributed by atoms with Gasteiger partial charge in [-0.25, -0.2) is 4.98 Å². The average molecular weight is 335 g/mol. The van der Waals surface area contributed by atoms with Gasteiger partial charge in [-0.05, 0) is 25.0 Å². The van der Waals surface area contributed by atoms with Crippen LogP contribution in [-0.4, -0.2) is 29.8 Å². The van der Waals surface area contributed by atoms with Crippen molar-refractivity contribution in [2.45, 2.75) is 12.8 Å². The summed E-state index contributed by atoms with van der Waals surface area (Å²) in [6.45, 7) is 1.46. The van der Waals surface area contributed by atoms with Crippen LogP contribution >= 0.6 is 22.9 Å². The molecular formula is C15H15ClN4OS. The zero-order chi connectivity index (χ0) is 15.4. The summed E-state index contributed by atoms with van der Waals surface area (Å²) in [6, 6.07) is 7.44. The Morgan fingerprint density at radius 1 is 1.27 bits per heavy atom. The van der Waals surface area contributed by atoms with Crippen LogP contribution in [0.5, 0.6) is 0 Å². The van der Waals surface area contributed by atoms with Crippen molar-refractivity contribution in [3.63, 3.8) is 0 Å². The van der Waals surface area contributed by atoms with Gasteiger partial charge in [-0.3, -0.25) is 15.1 Å². The van der Waals surface area contributed by atoms with Crippen LogP contribution in [0.15, 0.2) is 34.6 Å². The molecule has 0 aliphatic carbocycles. The fraction of sp³-hybridized carbons (Fsp3) is 0.267. The summed E-state index contributed by atoms with van der Waals surface area (Å²) in [5, 5.41) is 8.98. The minimum absolute atomic E-state index is 0.237. The second kappa shape index (κ2) is 6.89. The molecule has 1 amide bonds. The first kappa shape index (κ1) is 15.0. The van der Waals surface area contributed by atoms with Gasteiger partial charge < -0.3 is 5.32 Å². The normalized spacial score (nSPS) is 14.7. The lowest BCUT2D eigenvalue weighted by atomic mass is 10.2. The first-order valence-corrected chi connectivity index (χ1v) is 8.29. The van der Waals surface area contributed by atoms with E-state index in [0.717, 1.165) is 30.6 Å². The van der Waals surface area contributed by atoms with Crippen LogP contribution in [0, 0.1) is 0 Å². The van der Waals surface area contributed by atoms with E-state index in [1.165, 1.54) is 11.3 Å². The van der Waals surface area contributed by atoms with Gasteiger partial charge in [0.05, 0.1) is 5.69 Å². The Kier molecular flexibility index (Phi) is 4.70. The van der Waals surface area contributed by atoms with Gasteiger partial charge in [0.15, 0.2) is 11.0 Å². The average Bonchev–Trinajstić information content (AvgIpc) is 2.81. The number of aliphatic imine (C=N–C) groups is 1. The third-order valence-corrected chi connectivity index (χ3v) is 4.24. The van der Waals surface area contributed by atoms with E-state index >= 15 is 0 Å². The predicted octanol–water partition coefficient (Wildman–Crippen LogP) is 3.18. The van der Waals surface area contributed by atoms with Gasteiger partial charge in [-0.2, -0.15) is 0 Å². The lowest BCUT2D eigenvalue weighted by Crippen LogP contribution is -2.35. The first-order chi connectivity index (χ1) is 10.7. The second-order valence-corrected chi connectivity index (χ2v) is 6.16. The van der Waals surface area contributed by atoms with E-state index < -0.39 is 0 Å². The van der Waals surface area contributed by atoms with Crippen LogP contribution in [0.2, 0.25) is 5.02 Å². The molecule has 0 bridgehead atoms. The molecule has 2 aromatic rings. The maximum atomic E-state index is 12.2. The van der Waals surface area contributed by atoms with Crippen molar-refractivity contribution in [1.29, 1.82) is 0 Å². The fourth-order valence-corrected chi connectivity index (χ4v) is 2.92. The van der Waals surface area contributed by atoms with Crippen LogP contribution in [0.1, 0.15) is 12.8 Å². The smallest absolute Gasteiger partial charge is 0.292 e. The molecular weight excluding hydrogens is 320 g/mol. The van der Waals surface area contributed by atoms with E-state index in [1.807, 2.05) is 29.6 Å². The molecule has 0 atom stereocenters. The van der Waals surface area contributed by atoms with Crippen molar-refractivity contribution in [3.8, 4) is 11.3 Å². The van der Waals surface area contributed by atoms with Gasteiger partial charge in [0.25, 0.3) is 5.91 Å². The third kappa shape index (κ3) is 3.64. The molecule has 2 heterocycles. The number of nitrogens with one attached hydrogen (secondary N) is 2. The molecule has 1 aromatic heterocycles. The zero-order valence-electron chi connectivity index (χ0n) is 11.8. The summed E-state index contributed by atoms with van der Waals surface area (Å²) in [4.78, 5) is 20.8. The van der Waals surface area contributed by atoms with Gasteiger partial charge in [0.1, 0.15) is 0 Å². The topological polar surface area (TPSA) is 66.4 Å². The minimum Gasteiger partial charge on any atom is -0.366 e. The van der Waals surface area contributed by atoms with Crippen molar-refractivity contribution >= 4 is 39.8 Å². The highest BCUT2D eigenvalue weighted by molar-refractivity contribution is 7.14. The number of thiazole rings is 1. The Morgan fingerprint density at radius 2 is 2.09 bits per heavy atom. The largest absolute Gasteiger partial charge is 0.366 e. The lowest BCUT2D eigenvalue weighted by Gasteiger charge is -2.05. The number of nitrogens with zero attached hydrogens (tertiary/aromatic N) is 2. The number of hydrogen-bond donors (Lipinski definition) is 2. The molecule has 7 heteroatoms. The molecule has 2 N–H and O–H groups in total. The molecule has 0 saturated heterocycles. The number of amides is 1. The van der Waals surface area contributed by atoms with Crippen molar-refractivity contribution in [2.24, 2.45) is 4.99 Å². The minimum atomic E-state index is -0.237. The SMILES string of the molecule is O=C(Nc1nc(-c2ccc(Cl)cc2)cs1)C1=NCCCCN1. The maximum absolute atomic E-state index is 12.2. The van der Waals surface area contributed by atoms with E-state index in [0.29, 0.717) is 22.5 Å². The van der Waals surface area contributed by atoms with Gasteiger partial charge in [-0.1, -0.05) is 23.7 Å². The molecule has 1 aliphatic rings. The Morgan fingerprint density at radius 3 is 2.91 bits per heavy atom. The molecule has 3 rings (SSSR count). The number of halogens is 1. The quantitative estimate of drug-likeness (QED) is 0.906. The summed E-state index contributed by atoms with van der Waals surface area (Å²) in [6.07, 6.45) is 2.03. The van der Waals surface area contributed by atoms with Gasteiger partial charge in [-0.15, -0.1) is 11.3 Å². The maximum Gasteiger partial charge on any atom is 0.292 e. The number of carbonyl (C=O) groups excluding carboxylic acids is 1. The molecule has 1 aliphatic heterocycles. The van der Waals surface area contributed by atoms with Crippen LogP contribution in [0.3, 0.4) is 0 Å². The molecule has 0 saturated carbocycles. The van der Waals surface area contributed by atoms with Crippen molar-refractivity contribution in [1.82, 2.24) is 10.3 Å². The van der Waals surface area contributed by atoms with Crippen LogP contribution in [-0.2, 0) is 4.79 Å². The number of hydrogen-bond acceptors (Lipinski definition) is 5. The summed E-state index contributed by atoms with van der Waals surface area (Å²) >= 11 is 7.26. The summed E-state index contributed by atoms with van der Waals surface area (Å²) in [5.74, 6) is 0.152. The fourth-order valence-electron chi connectivity index (χ4n) is 2.08. The van der Waals surface area contributed by atoms with Gasteiger partial charge in [0, 0.05) is 29.1 Å². The van der Waals surface area contributed by atoms with Crippen molar-refractivity contribution < 1.29 is 4.79 Å². The van der Waals surface area contributed by atoms with Crippen LogP contribution < -0.4 is 10.6 Å². The highest BCUT2D eigenvalue weighted by atomic mass is 35.5. The molecule has 22 heavy (non-hydrogen) atoms. The molecule has 0 unspecified atom stereocenters. The van der Waals surface area contributed by atoms with E-state index in [1.54, 1.807) is 0 Å². The van der Waals surface area contributed by atoms with E-state index in [9.17, 15) is 4.79 Å². The predicted molar refractivity (Wildman–Crippen MR) is 90.7 cm³/mol. The molecule has 0 spiro atoms. The molecule has 5 nitrogen and oxygen atoms in total. The number of rotatable bonds is 3. The molecule has 114 valence electrons. The molecule has 1 aromatic carbocycles. The summed E-state index contributed by atoms with van der Waals surface area (Å²) in [5.41, 5.74) is 1.78. The van der Waals surface area contributed by atoms with Crippen molar-refractivity contribution in [2.75, 3.05) is 18.4 Å². The van der Waals surface area contributed by atoms with E-state index in [-0.39, 0.29) is 5.91 Å². The van der Waals surface area contributed by atoms with Gasteiger partial charge in [0.2, 0.25) is 0 Å². The summed E-state index contributed by atoms with van der Waals surface area (Å²) in [7, 11) is 0. The monoisotopic (exact) mass is 334 g/mol. The van der Waals surface area contributed by atoms with E-state index in [2.05, 4.69) is 20.6 Å². The number of aromatic nitrogens is 1. The van der Waals surface area contributed by atoms with Gasteiger partial charge >= 0.3 is 0 Å². The third-order valence-electron chi connectivity index (χ3n) is 3.23. The number of benzene rings is 1. The Hall–Kier alpha value is -1.92. The number of carbonyl (C=O) groups is 1. The summed E-state index contributed by atoms with van der Waals surface area (Å²) < 4.78 is 0. The Labute approximate surface area is 137 Å². The first-order valence-electron chi connectivity index (χ1n) is 7.03. The Balaban J connectivity index is 1.70. The number of amidine groups is 1. The zero-order valence-corrected chi connectivity index (χ0v) is 13.4. The lowest BCUT2D eigenvalue weighted by molar-refractivity contribution is -0.110. The second-order valence-electron chi connectivity index (χ2n) is 4.86. The highest BCUT2D eigenvalue weighted by Gasteiger charge is 2.15. The number of anilines is 1. The van der Waals surface area contributed by atoms with Crippen LogP contribution in [0.25, 0.3) is 11.3 Å². The standard InChI is InChI=1S/C15H15ClN4OS/c16-11-5-3-10(4-6-11)12-9-22-15(19-12)20-14(21)13-17-7-1-2-8-18-13/h3-6,9H,1-2,7-8H2,(H,17,18)(H,19,20,21). The van der Waals surface area contributed by atoms with Crippen LogP contribution in [0.4, 0.5) is 5.13 Å². The Bertz CT molecular complexity index is 696. The molecule has 0 radical (unpaired) electrons. The van der Waals surface area contributed by atoms with Crippen molar-refractivity contribution in [3.05, 3.63) is 34.7 Å². The highest BCUT2D eigenvalue weighted by Crippen LogP contribution is 2.25. The van der Waals surface area contributed by atoms with E-state index in [4.69, 9.17) is 11.6 Å².